The molecule has 0 amide bonds. The number of nitrogens with one attached hydrogen (secondary N) is 1. The highest BCUT2D eigenvalue weighted by Gasteiger charge is 2.16. The normalized spacial score (nSPS) is 14.1. The molecule has 5 nitrogen and oxygen atoms in total. The number of nitrogens with two attached hydrogens (primary N) is 1. The van der Waals surface area contributed by atoms with Gasteiger partial charge >= 0.3 is 0 Å². The highest BCUT2D eigenvalue weighted by molar-refractivity contribution is 4.94. The van der Waals surface area contributed by atoms with Crippen LogP contribution in [0.4, 0.5) is 0 Å². The van der Waals surface area contributed by atoms with Gasteiger partial charge in [-0.05, 0) is 20.8 Å². The van der Waals surface area contributed by atoms with Crippen LogP contribution >= 0.6 is 0 Å². The Hall–Kier alpha value is -0.910. The maximum absolute atomic E-state index is 5.69. The molecule has 1 unspecified atom stereocenters. The fraction of sp³-hybridized carbons (Fsp3) is 0.727. The van der Waals surface area contributed by atoms with Crippen molar-refractivity contribution < 1.29 is 4.74 Å². The van der Waals surface area contributed by atoms with Gasteiger partial charge in [-0.25, -0.2) is 4.98 Å². The van der Waals surface area contributed by atoms with Gasteiger partial charge in [-0.1, -0.05) is 0 Å². The monoisotopic (exact) mass is 226 g/mol. The summed E-state index contributed by atoms with van der Waals surface area (Å²) in [4.78, 5) is 4.26. The Bertz CT molecular complexity index is 316. The zero-order valence-electron chi connectivity index (χ0n) is 10.5. The van der Waals surface area contributed by atoms with Gasteiger partial charge in [0.05, 0.1) is 18.2 Å². The largest absolute Gasteiger partial charge is 0.374 e. The SMILES string of the molecule is Cn1ccnc1CC(COC(C)(C)C)NN. The summed E-state index contributed by atoms with van der Waals surface area (Å²) in [6.07, 6.45) is 4.47. The smallest absolute Gasteiger partial charge is 0.110 e. The topological polar surface area (TPSA) is 65.1 Å². The number of imidazole rings is 1. The standard InChI is InChI=1S/C11H22N4O/c1-11(2,3)16-8-9(14-12)7-10-13-5-6-15(10)4/h5-6,9,14H,7-8,12H2,1-4H3. The van der Waals surface area contributed by atoms with Crippen molar-refractivity contribution in [2.45, 2.75) is 38.8 Å². The van der Waals surface area contributed by atoms with Gasteiger partial charge < -0.3 is 9.30 Å². The van der Waals surface area contributed by atoms with Gasteiger partial charge in [0.15, 0.2) is 0 Å². The predicted molar refractivity (Wildman–Crippen MR) is 63.7 cm³/mol. The van der Waals surface area contributed by atoms with E-state index in [-0.39, 0.29) is 11.6 Å². The first-order valence-corrected chi connectivity index (χ1v) is 5.48. The van der Waals surface area contributed by atoms with Crippen LogP contribution in [0.2, 0.25) is 0 Å². The van der Waals surface area contributed by atoms with E-state index in [2.05, 4.69) is 10.4 Å². The molecule has 0 radical (unpaired) electrons. The fourth-order valence-electron chi connectivity index (χ4n) is 1.33. The van der Waals surface area contributed by atoms with Gasteiger partial charge in [0.2, 0.25) is 0 Å². The number of aryl methyl sites for hydroxylation is 1. The summed E-state index contributed by atoms with van der Waals surface area (Å²) in [7, 11) is 1.97. The van der Waals surface area contributed by atoms with Gasteiger partial charge in [-0.3, -0.25) is 11.3 Å². The molecule has 3 N–H and O–H groups in total. The molecule has 1 heterocycles. The van der Waals surface area contributed by atoms with Crippen LogP contribution in [-0.2, 0) is 18.2 Å². The molecule has 0 aliphatic heterocycles. The first kappa shape index (κ1) is 13.2. The molecule has 1 aromatic heterocycles. The number of hydrogen-bond donors (Lipinski definition) is 2. The summed E-state index contributed by atoms with van der Waals surface area (Å²) in [5, 5.41) is 0. The van der Waals surface area contributed by atoms with Crippen LogP contribution in [0.25, 0.3) is 0 Å². The molecule has 0 bridgehead atoms. The van der Waals surface area contributed by atoms with Crippen LogP contribution in [0.3, 0.4) is 0 Å². The van der Waals surface area contributed by atoms with Crippen molar-refractivity contribution in [3.63, 3.8) is 0 Å². The molecule has 5 heteroatoms. The summed E-state index contributed by atoms with van der Waals surface area (Å²) in [5.41, 5.74) is 2.62. The molecule has 0 saturated carbocycles. The lowest BCUT2D eigenvalue weighted by atomic mass is 10.1. The zero-order chi connectivity index (χ0) is 12.2. The number of rotatable bonds is 5. The van der Waals surface area contributed by atoms with Crippen LogP contribution in [0.1, 0.15) is 26.6 Å². The average Bonchev–Trinajstić information content (AvgIpc) is 2.57. The first-order valence-electron chi connectivity index (χ1n) is 5.48. The van der Waals surface area contributed by atoms with E-state index in [1.165, 1.54) is 0 Å². The number of ether oxygens (including phenoxy) is 1. The van der Waals surface area contributed by atoms with E-state index in [0.717, 1.165) is 12.2 Å². The highest BCUT2D eigenvalue weighted by atomic mass is 16.5. The molecule has 0 spiro atoms. The highest BCUT2D eigenvalue weighted by Crippen LogP contribution is 2.08. The molecule has 92 valence electrons. The van der Waals surface area contributed by atoms with Crippen molar-refractivity contribution in [3.05, 3.63) is 18.2 Å². The third-order valence-electron chi connectivity index (χ3n) is 2.30. The summed E-state index contributed by atoms with van der Waals surface area (Å²) in [6.45, 7) is 6.66. The Labute approximate surface area is 97.0 Å². The molecule has 0 aromatic carbocycles. The molecule has 0 fully saturated rings. The third-order valence-corrected chi connectivity index (χ3v) is 2.30. The van der Waals surface area contributed by atoms with Crippen LogP contribution < -0.4 is 11.3 Å². The molecule has 1 atom stereocenters. The van der Waals surface area contributed by atoms with Gasteiger partial charge in [0.25, 0.3) is 0 Å². The van der Waals surface area contributed by atoms with Gasteiger partial charge in [-0.15, -0.1) is 0 Å². The van der Waals surface area contributed by atoms with Gasteiger partial charge in [-0.2, -0.15) is 0 Å². The van der Waals surface area contributed by atoms with Crippen molar-refractivity contribution in [2.75, 3.05) is 6.61 Å². The van der Waals surface area contributed by atoms with Crippen LogP contribution in [0.15, 0.2) is 12.4 Å². The third kappa shape index (κ3) is 4.30. The maximum atomic E-state index is 5.69. The molecule has 0 aliphatic rings. The Morgan fingerprint density at radius 2 is 2.25 bits per heavy atom. The van der Waals surface area contributed by atoms with E-state index in [4.69, 9.17) is 10.6 Å². The Morgan fingerprint density at radius 3 is 2.69 bits per heavy atom. The van der Waals surface area contributed by atoms with Crippen molar-refractivity contribution in [1.82, 2.24) is 15.0 Å². The van der Waals surface area contributed by atoms with Gasteiger partial charge in [0.1, 0.15) is 5.82 Å². The van der Waals surface area contributed by atoms with Crippen molar-refractivity contribution in [1.29, 1.82) is 0 Å². The minimum Gasteiger partial charge on any atom is -0.374 e. The average molecular weight is 226 g/mol. The van der Waals surface area contributed by atoms with Crippen LogP contribution in [-0.4, -0.2) is 27.8 Å². The quantitative estimate of drug-likeness (QED) is 0.570. The molecular formula is C11H22N4O. The van der Waals surface area contributed by atoms with E-state index in [1.54, 1.807) is 6.20 Å². The summed E-state index contributed by atoms with van der Waals surface area (Å²) < 4.78 is 7.68. The summed E-state index contributed by atoms with van der Waals surface area (Å²) in [6, 6.07) is 0.0836. The minimum atomic E-state index is -0.142. The van der Waals surface area contributed by atoms with E-state index < -0.39 is 0 Å². The molecule has 1 rings (SSSR count). The molecular weight excluding hydrogens is 204 g/mol. The Morgan fingerprint density at radius 1 is 1.56 bits per heavy atom. The number of hydrazine groups is 1. The molecule has 0 saturated heterocycles. The summed E-state index contributed by atoms with van der Waals surface area (Å²) in [5.74, 6) is 6.50. The van der Waals surface area contributed by atoms with E-state index in [9.17, 15) is 0 Å². The fourth-order valence-corrected chi connectivity index (χ4v) is 1.33. The maximum Gasteiger partial charge on any atom is 0.110 e. The first-order chi connectivity index (χ1) is 7.42. The lowest BCUT2D eigenvalue weighted by molar-refractivity contribution is -0.0146. The number of hydrogen-bond acceptors (Lipinski definition) is 4. The van der Waals surface area contributed by atoms with E-state index >= 15 is 0 Å². The van der Waals surface area contributed by atoms with Crippen molar-refractivity contribution >= 4 is 0 Å². The number of nitrogens with zero attached hydrogens (tertiary/aromatic N) is 2. The lowest BCUT2D eigenvalue weighted by Gasteiger charge is -2.23. The van der Waals surface area contributed by atoms with Crippen LogP contribution in [0.5, 0.6) is 0 Å². The predicted octanol–water partition coefficient (Wildman–Crippen LogP) is 0.610. The van der Waals surface area contributed by atoms with E-state index in [0.29, 0.717) is 6.61 Å². The Balaban J connectivity index is 2.47. The molecule has 1 aromatic rings. The van der Waals surface area contributed by atoms with Crippen LogP contribution in [0, 0.1) is 0 Å². The molecule has 0 aliphatic carbocycles. The zero-order valence-corrected chi connectivity index (χ0v) is 10.5. The Kier molecular flexibility index (Phi) is 4.46. The van der Waals surface area contributed by atoms with E-state index in [1.807, 2.05) is 38.6 Å². The summed E-state index contributed by atoms with van der Waals surface area (Å²) >= 11 is 0. The van der Waals surface area contributed by atoms with Gasteiger partial charge in [0, 0.05) is 25.9 Å². The minimum absolute atomic E-state index is 0.0836. The van der Waals surface area contributed by atoms with Crippen molar-refractivity contribution in [3.8, 4) is 0 Å². The lowest BCUT2D eigenvalue weighted by Crippen LogP contribution is -2.42. The second-order valence-corrected chi connectivity index (χ2v) is 4.95. The number of aromatic nitrogens is 2. The van der Waals surface area contributed by atoms with Crippen molar-refractivity contribution in [2.24, 2.45) is 12.9 Å². The second-order valence-electron chi connectivity index (χ2n) is 4.95. The second kappa shape index (κ2) is 5.43. The molecule has 16 heavy (non-hydrogen) atoms.